The first-order valence-corrected chi connectivity index (χ1v) is 7.39. The smallest absolute Gasteiger partial charge is 0.191 e. The maximum Gasteiger partial charge on any atom is 0.191 e. The Bertz CT molecular complexity index is 684. The van der Waals surface area contributed by atoms with Gasteiger partial charge in [-0.15, -0.1) is 0 Å². The summed E-state index contributed by atoms with van der Waals surface area (Å²) in [5, 5.41) is 15.2. The van der Waals surface area contributed by atoms with E-state index in [0.717, 1.165) is 17.5 Å². The van der Waals surface area contributed by atoms with E-state index in [2.05, 4.69) is 21.7 Å². The molecule has 0 atom stereocenters. The van der Waals surface area contributed by atoms with Gasteiger partial charge in [0.1, 0.15) is 5.82 Å². The van der Waals surface area contributed by atoms with Crippen LogP contribution in [0.4, 0.5) is 4.39 Å². The summed E-state index contributed by atoms with van der Waals surface area (Å²) in [6.07, 6.45) is 0.790. The van der Waals surface area contributed by atoms with Crippen LogP contribution in [0.2, 0.25) is 0 Å². The van der Waals surface area contributed by atoms with Crippen molar-refractivity contribution in [3.05, 3.63) is 71.0 Å². The third kappa shape index (κ3) is 5.44. The fourth-order valence-electron chi connectivity index (χ4n) is 2.08. The predicted molar refractivity (Wildman–Crippen MR) is 89.5 cm³/mol. The molecule has 0 aliphatic rings. The summed E-state index contributed by atoms with van der Waals surface area (Å²) in [6, 6.07) is 16.0. The highest BCUT2D eigenvalue weighted by Gasteiger charge is 2.00. The van der Waals surface area contributed by atoms with Crippen molar-refractivity contribution in [3.8, 4) is 6.07 Å². The van der Waals surface area contributed by atoms with Crippen molar-refractivity contribution in [2.75, 3.05) is 13.6 Å². The van der Waals surface area contributed by atoms with Gasteiger partial charge in [-0.3, -0.25) is 4.99 Å². The molecule has 0 saturated heterocycles. The molecule has 2 aromatic carbocycles. The molecule has 118 valence electrons. The molecule has 0 aliphatic carbocycles. The van der Waals surface area contributed by atoms with Crippen LogP contribution in [-0.2, 0) is 13.0 Å². The third-order valence-corrected chi connectivity index (χ3v) is 3.39. The van der Waals surface area contributed by atoms with E-state index < -0.39 is 0 Å². The summed E-state index contributed by atoms with van der Waals surface area (Å²) in [5.74, 6) is 0.484. The van der Waals surface area contributed by atoms with E-state index in [9.17, 15) is 4.39 Å². The van der Waals surface area contributed by atoms with Gasteiger partial charge in [0.05, 0.1) is 11.6 Å². The van der Waals surface area contributed by atoms with Gasteiger partial charge in [0.15, 0.2) is 5.96 Å². The quantitative estimate of drug-likeness (QED) is 0.659. The number of rotatable bonds is 5. The zero-order chi connectivity index (χ0) is 16.5. The summed E-state index contributed by atoms with van der Waals surface area (Å²) in [6.45, 7) is 1.33. The maximum atomic E-state index is 12.8. The van der Waals surface area contributed by atoms with Crippen molar-refractivity contribution in [1.82, 2.24) is 10.6 Å². The highest BCUT2D eigenvalue weighted by atomic mass is 19.1. The van der Waals surface area contributed by atoms with Crippen LogP contribution in [0.5, 0.6) is 0 Å². The lowest BCUT2D eigenvalue weighted by Crippen LogP contribution is -2.37. The van der Waals surface area contributed by atoms with Crippen molar-refractivity contribution >= 4 is 5.96 Å². The van der Waals surface area contributed by atoms with E-state index in [1.807, 2.05) is 12.1 Å². The van der Waals surface area contributed by atoms with Crippen molar-refractivity contribution in [2.24, 2.45) is 4.99 Å². The van der Waals surface area contributed by atoms with E-state index in [-0.39, 0.29) is 5.82 Å². The second-order valence-corrected chi connectivity index (χ2v) is 5.04. The molecule has 2 aromatic rings. The molecule has 0 heterocycles. The van der Waals surface area contributed by atoms with E-state index in [0.29, 0.717) is 24.6 Å². The molecule has 0 aromatic heterocycles. The molecule has 0 radical (unpaired) electrons. The average Bonchev–Trinajstić information content (AvgIpc) is 2.60. The lowest BCUT2D eigenvalue weighted by molar-refractivity contribution is 0.626. The molecular weight excluding hydrogens is 291 g/mol. The summed E-state index contributed by atoms with van der Waals surface area (Å²) < 4.78 is 12.8. The molecule has 2 N–H and O–H groups in total. The first kappa shape index (κ1) is 16.5. The minimum absolute atomic E-state index is 0.221. The van der Waals surface area contributed by atoms with E-state index in [1.165, 1.54) is 12.1 Å². The Hall–Kier alpha value is -2.87. The van der Waals surface area contributed by atoms with Crippen LogP contribution in [0.15, 0.2) is 53.5 Å². The number of nitrogens with zero attached hydrogens (tertiary/aromatic N) is 2. The monoisotopic (exact) mass is 310 g/mol. The summed E-state index contributed by atoms with van der Waals surface area (Å²) >= 11 is 0. The van der Waals surface area contributed by atoms with Gasteiger partial charge in [0.25, 0.3) is 0 Å². The molecule has 0 bridgehead atoms. The molecule has 4 nitrogen and oxygen atoms in total. The molecule has 2 rings (SSSR count). The van der Waals surface area contributed by atoms with Gasteiger partial charge in [-0.05, 0) is 41.8 Å². The molecule has 0 amide bonds. The van der Waals surface area contributed by atoms with Gasteiger partial charge in [-0.25, -0.2) is 4.39 Å². The number of hydrogen-bond acceptors (Lipinski definition) is 2. The molecule has 23 heavy (non-hydrogen) atoms. The van der Waals surface area contributed by atoms with Crippen LogP contribution in [0, 0.1) is 17.1 Å². The Morgan fingerprint density at radius 1 is 1.04 bits per heavy atom. The molecule has 0 saturated carbocycles. The van der Waals surface area contributed by atoms with Crippen LogP contribution < -0.4 is 10.6 Å². The number of nitriles is 1. The minimum Gasteiger partial charge on any atom is -0.356 e. The Morgan fingerprint density at radius 3 is 2.30 bits per heavy atom. The number of benzene rings is 2. The number of hydrogen-bond donors (Lipinski definition) is 2. The summed E-state index contributed by atoms with van der Waals surface area (Å²) in [4.78, 5) is 4.16. The molecule has 0 fully saturated rings. The van der Waals surface area contributed by atoms with Gasteiger partial charge >= 0.3 is 0 Å². The van der Waals surface area contributed by atoms with Crippen molar-refractivity contribution in [3.63, 3.8) is 0 Å². The van der Waals surface area contributed by atoms with Crippen molar-refractivity contribution in [2.45, 2.75) is 13.0 Å². The third-order valence-electron chi connectivity index (χ3n) is 3.39. The standard InChI is InChI=1S/C18H19FN4/c1-21-18(22-11-10-14-6-8-17(19)9-7-14)23-13-16-4-2-15(12-20)3-5-16/h2-9H,10-11,13H2,1H3,(H2,21,22,23). The van der Waals surface area contributed by atoms with Crippen molar-refractivity contribution in [1.29, 1.82) is 5.26 Å². The largest absolute Gasteiger partial charge is 0.356 e. The van der Waals surface area contributed by atoms with Crippen LogP contribution in [-0.4, -0.2) is 19.6 Å². The van der Waals surface area contributed by atoms with E-state index in [4.69, 9.17) is 5.26 Å². The molecular formula is C18H19FN4. The molecule has 0 aliphatic heterocycles. The first-order valence-electron chi connectivity index (χ1n) is 7.39. The van der Waals surface area contributed by atoms with E-state index in [1.54, 1.807) is 31.3 Å². The second kappa shape index (κ2) is 8.54. The average molecular weight is 310 g/mol. The summed E-state index contributed by atoms with van der Waals surface area (Å²) in [7, 11) is 1.71. The minimum atomic E-state index is -0.221. The highest BCUT2D eigenvalue weighted by Crippen LogP contribution is 2.03. The van der Waals surface area contributed by atoms with Crippen LogP contribution in [0.1, 0.15) is 16.7 Å². The van der Waals surface area contributed by atoms with Crippen LogP contribution in [0.25, 0.3) is 0 Å². The van der Waals surface area contributed by atoms with E-state index >= 15 is 0 Å². The second-order valence-electron chi connectivity index (χ2n) is 5.04. The van der Waals surface area contributed by atoms with Gasteiger partial charge in [0.2, 0.25) is 0 Å². The predicted octanol–water partition coefficient (Wildman–Crippen LogP) is 2.61. The zero-order valence-electron chi connectivity index (χ0n) is 13.0. The highest BCUT2D eigenvalue weighted by molar-refractivity contribution is 5.79. The lowest BCUT2D eigenvalue weighted by atomic mass is 10.1. The number of guanidine groups is 1. The number of nitrogens with one attached hydrogen (secondary N) is 2. The molecule has 0 spiro atoms. The lowest BCUT2D eigenvalue weighted by Gasteiger charge is -2.12. The maximum absolute atomic E-state index is 12.8. The fraction of sp³-hybridized carbons (Fsp3) is 0.222. The summed E-state index contributed by atoms with van der Waals surface area (Å²) in [5.41, 5.74) is 2.79. The molecule has 0 unspecified atom stereocenters. The SMILES string of the molecule is CN=C(NCCc1ccc(F)cc1)NCc1ccc(C#N)cc1. The Kier molecular flexibility index (Phi) is 6.13. The van der Waals surface area contributed by atoms with Gasteiger partial charge < -0.3 is 10.6 Å². The van der Waals surface area contributed by atoms with Gasteiger partial charge in [-0.1, -0.05) is 24.3 Å². The Morgan fingerprint density at radius 2 is 1.70 bits per heavy atom. The Labute approximate surface area is 135 Å². The number of aliphatic imine (C=N–C) groups is 1. The number of halogens is 1. The van der Waals surface area contributed by atoms with Crippen LogP contribution >= 0.6 is 0 Å². The van der Waals surface area contributed by atoms with Crippen LogP contribution in [0.3, 0.4) is 0 Å². The topological polar surface area (TPSA) is 60.2 Å². The Balaban J connectivity index is 1.76. The van der Waals surface area contributed by atoms with Gasteiger partial charge in [-0.2, -0.15) is 5.26 Å². The fourth-order valence-corrected chi connectivity index (χ4v) is 2.08. The molecule has 5 heteroatoms. The van der Waals surface area contributed by atoms with Crippen molar-refractivity contribution < 1.29 is 4.39 Å². The zero-order valence-corrected chi connectivity index (χ0v) is 13.0. The first-order chi connectivity index (χ1) is 11.2. The normalized spacial score (nSPS) is 10.9. The van der Waals surface area contributed by atoms with Gasteiger partial charge in [0, 0.05) is 20.1 Å².